The molecule has 32 heavy (non-hydrogen) atoms. The van der Waals surface area contributed by atoms with Crippen LogP contribution < -0.4 is 10.4 Å². The van der Waals surface area contributed by atoms with Gasteiger partial charge in [0.05, 0.1) is 13.2 Å². The van der Waals surface area contributed by atoms with E-state index in [9.17, 15) is 4.79 Å². The standard InChI is InChI=1S/C28H38O3Si/c1-7-30-27(29)24(3)16-14-15-23(2)21-22-31-32(28(4,5)6,25-17-10-8-11-18-25)26-19-12-9-13-20-26/h8-13,16-21H,7,14-15,22H2,1-6H3/b23-21+,24-16-. The van der Waals surface area contributed by atoms with Crippen molar-refractivity contribution in [3.63, 3.8) is 0 Å². The van der Waals surface area contributed by atoms with Crippen LogP contribution in [0.3, 0.4) is 0 Å². The van der Waals surface area contributed by atoms with Crippen LogP contribution in [0.5, 0.6) is 0 Å². The van der Waals surface area contributed by atoms with Gasteiger partial charge in [-0.3, -0.25) is 0 Å². The molecule has 0 heterocycles. The highest BCUT2D eigenvalue weighted by Crippen LogP contribution is 2.36. The van der Waals surface area contributed by atoms with Crippen molar-refractivity contribution >= 4 is 24.7 Å². The van der Waals surface area contributed by atoms with E-state index in [4.69, 9.17) is 9.16 Å². The van der Waals surface area contributed by atoms with Crippen molar-refractivity contribution in [2.45, 2.75) is 59.4 Å². The van der Waals surface area contributed by atoms with Crippen LogP contribution in [0.15, 0.2) is 84.0 Å². The lowest BCUT2D eigenvalue weighted by atomic mass is 10.1. The van der Waals surface area contributed by atoms with Crippen LogP contribution in [0.1, 0.15) is 54.4 Å². The Bertz CT molecular complexity index is 869. The zero-order valence-corrected chi connectivity index (χ0v) is 21.5. The maximum absolute atomic E-state index is 11.7. The smallest absolute Gasteiger partial charge is 0.333 e. The fourth-order valence-electron chi connectivity index (χ4n) is 4.02. The zero-order chi connectivity index (χ0) is 23.6. The second-order valence-corrected chi connectivity index (χ2v) is 13.5. The lowest BCUT2D eigenvalue weighted by molar-refractivity contribution is -0.138. The van der Waals surface area contributed by atoms with Crippen molar-refractivity contribution in [3.8, 4) is 0 Å². The average molecular weight is 451 g/mol. The minimum atomic E-state index is -2.51. The van der Waals surface area contributed by atoms with E-state index in [1.165, 1.54) is 15.9 Å². The third-order valence-corrected chi connectivity index (χ3v) is 10.7. The van der Waals surface area contributed by atoms with Gasteiger partial charge in [0.2, 0.25) is 0 Å². The van der Waals surface area contributed by atoms with Gasteiger partial charge >= 0.3 is 5.97 Å². The number of hydrogen-bond donors (Lipinski definition) is 0. The second kappa shape index (κ2) is 12.0. The van der Waals surface area contributed by atoms with Gasteiger partial charge in [0.25, 0.3) is 8.32 Å². The van der Waals surface area contributed by atoms with Crippen LogP contribution in [0.4, 0.5) is 0 Å². The van der Waals surface area contributed by atoms with Crippen molar-refractivity contribution in [2.75, 3.05) is 13.2 Å². The molecule has 2 aromatic rings. The molecule has 0 spiro atoms. The Morgan fingerprint density at radius 1 is 0.906 bits per heavy atom. The normalized spacial score (nSPS) is 13.2. The molecule has 0 aromatic heterocycles. The molecule has 0 N–H and O–H groups in total. The molecule has 0 unspecified atom stereocenters. The highest BCUT2D eigenvalue weighted by molar-refractivity contribution is 6.99. The molecule has 2 rings (SSSR count). The van der Waals surface area contributed by atoms with Crippen LogP contribution in [-0.4, -0.2) is 27.5 Å². The summed E-state index contributed by atoms with van der Waals surface area (Å²) in [6.07, 6.45) is 5.85. The molecular formula is C28H38O3Si. The van der Waals surface area contributed by atoms with Crippen LogP contribution in [0, 0.1) is 0 Å². The summed E-state index contributed by atoms with van der Waals surface area (Å²) >= 11 is 0. The predicted molar refractivity (Wildman–Crippen MR) is 137 cm³/mol. The van der Waals surface area contributed by atoms with Crippen LogP contribution in [0.25, 0.3) is 0 Å². The van der Waals surface area contributed by atoms with E-state index in [2.05, 4.69) is 94.4 Å². The number of benzene rings is 2. The number of ether oxygens (including phenoxy) is 1. The molecule has 0 radical (unpaired) electrons. The summed E-state index contributed by atoms with van der Waals surface area (Å²) in [6.45, 7) is 13.6. The fraction of sp³-hybridized carbons (Fsp3) is 0.393. The Labute approximate surface area is 195 Å². The van der Waals surface area contributed by atoms with E-state index in [0.29, 0.717) is 18.8 Å². The third-order valence-electron chi connectivity index (χ3n) is 5.74. The van der Waals surface area contributed by atoms with E-state index in [1.807, 2.05) is 19.9 Å². The van der Waals surface area contributed by atoms with Gasteiger partial charge in [-0.25, -0.2) is 4.79 Å². The molecule has 0 saturated heterocycles. The van der Waals surface area contributed by atoms with Crippen molar-refractivity contribution in [3.05, 3.63) is 84.0 Å². The summed E-state index contributed by atoms with van der Waals surface area (Å²) in [4.78, 5) is 11.7. The van der Waals surface area contributed by atoms with Gasteiger partial charge in [0.1, 0.15) is 0 Å². The number of carbonyl (C=O) groups excluding carboxylic acids is 1. The number of esters is 1. The lowest BCUT2D eigenvalue weighted by Crippen LogP contribution is -2.66. The predicted octanol–water partition coefficient (Wildman–Crippen LogP) is 5.80. The molecule has 3 nitrogen and oxygen atoms in total. The van der Waals surface area contributed by atoms with Gasteiger partial charge in [-0.1, -0.05) is 99.2 Å². The van der Waals surface area contributed by atoms with Crippen molar-refractivity contribution in [1.82, 2.24) is 0 Å². The van der Waals surface area contributed by atoms with Gasteiger partial charge in [-0.05, 0) is 49.0 Å². The summed E-state index contributed by atoms with van der Waals surface area (Å²) < 4.78 is 11.9. The Morgan fingerprint density at radius 3 is 1.91 bits per heavy atom. The fourth-order valence-corrected chi connectivity index (χ4v) is 8.51. The molecule has 0 fully saturated rings. The van der Waals surface area contributed by atoms with Crippen LogP contribution in [0.2, 0.25) is 5.04 Å². The van der Waals surface area contributed by atoms with Crippen LogP contribution in [-0.2, 0) is 14.0 Å². The minimum absolute atomic E-state index is 0.0308. The maximum atomic E-state index is 11.7. The monoisotopic (exact) mass is 450 g/mol. The summed E-state index contributed by atoms with van der Waals surface area (Å²) in [5, 5.41) is 2.55. The molecule has 0 aliphatic heterocycles. The summed E-state index contributed by atoms with van der Waals surface area (Å²) in [6, 6.07) is 21.4. The Hall–Kier alpha value is -2.43. The third kappa shape index (κ3) is 6.53. The van der Waals surface area contributed by atoms with Gasteiger partial charge in [0.15, 0.2) is 0 Å². The molecule has 2 aromatic carbocycles. The first-order valence-electron chi connectivity index (χ1n) is 11.5. The maximum Gasteiger partial charge on any atom is 0.333 e. The molecule has 0 bridgehead atoms. The summed E-state index contributed by atoms with van der Waals surface area (Å²) in [7, 11) is -2.51. The lowest BCUT2D eigenvalue weighted by Gasteiger charge is -2.42. The largest absolute Gasteiger partial charge is 0.463 e. The SMILES string of the molecule is CCOC(=O)/C(C)=C\CC/C(C)=C/CO[Si](c1ccccc1)(c1ccccc1)C(C)(C)C. The summed E-state index contributed by atoms with van der Waals surface area (Å²) in [5.41, 5.74) is 1.93. The van der Waals surface area contributed by atoms with Crippen molar-refractivity contribution in [1.29, 1.82) is 0 Å². The van der Waals surface area contributed by atoms with Crippen LogP contribution >= 0.6 is 0 Å². The highest BCUT2D eigenvalue weighted by atomic mass is 28.4. The number of hydrogen-bond acceptors (Lipinski definition) is 3. The first kappa shape index (κ1) is 25.8. The molecule has 4 heteroatoms. The quantitative estimate of drug-likeness (QED) is 0.199. The second-order valence-electron chi connectivity index (χ2n) is 9.17. The van der Waals surface area contributed by atoms with E-state index < -0.39 is 8.32 Å². The number of rotatable bonds is 10. The molecule has 0 atom stereocenters. The molecule has 0 saturated carbocycles. The Balaban J connectivity index is 2.21. The van der Waals surface area contributed by atoms with E-state index in [-0.39, 0.29) is 11.0 Å². The zero-order valence-electron chi connectivity index (χ0n) is 20.5. The Kier molecular flexibility index (Phi) is 9.67. The van der Waals surface area contributed by atoms with E-state index >= 15 is 0 Å². The molecule has 0 aliphatic rings. The molecule has 0 aliphatic carbocycles. The molecular weight excluding hydrogens is 412 g/mol. The molecule has 172 valence electrons. The molecule has 0 amide bonds. The topological polar surface area (TPSA) is 35.5 Å². The Morgan fingerprint density at radius 2 is 1.44 bits per heavy atom. The first-order chi connectivity index (χ1) is 15.2. The number of allylic oxidation sites excluding steroid dienone is 2. The summed E-state index contributed by atoms with van der Waals surface area (Å²) in [5.74, 6) is -0.232. The van der Waals surface area contributed by atoms with Crippen molar-refractivity contribution in [2.24, 2.45) is 0 Å². The minimum Gasteiger partial charge on any atom is -0.463 e. The average Bonchev–Trinajstić information content (AvgIpc) is 2.77. The van der Waals surface area contributed by atoms with Gasteiger partial charge < -0.3 is 9.16 Å². The first-order valence-corrected chi connectivity index (χ1v) is 13.4. The van der Waals surface area contributed by atoms with Gasteiger partial charge in [-0.2, -0.15) is 0 Å². The van der Waals surface area contributed by atoms with Gasteiger partial charge in [-0.15, -0.1) is 0 Å². The highest BCUT2D eigenvalue weighted by Gasteiger charge is 2.49. The van der Waals surface area contributed by atoms with Crippen molar-refractivity contribution < 1.29 is 14.0 Å². The van der Waals surface area contributed by atoms with Gasteiger partial charge in [0, 0.05) is 5.57 Å². The number of carbonyl (C=O) groups is 1. The van der Waals surface area contributed by atoms with E-state index in [1.54, 1.807) is 0 Å². The van der Waals surface area contributed by atoms with E-state index in [0.717, 1.165) is 12.8 Å².